The van der Waals surface area contributed by atoms with Crippen LogP contribution in [0, 0.1) is 0 Å². The normalized spacial score (nSPS) is 10.9. The molecule has 27 heavy (non-hydrogen) atoms. The summed E-state index contributed by atoms with van der Waals surface area (Å²) in [5.41, 5.74) is 1.01. The second-order valence-corrected chi connectivity index (χ2v) is 6.17. The van der Waals surface area contributed by atoms with E-state index >= 15 is 0 Å². The lowest BCUT2D eigenvalue weighted by Gasteiger charge is -2.12. The second-order valence-electron chi connectivity index (χ2n) is 6.17. The Morgan fingerprint density at radius 3 is 2.56 bits per heavy atom. The predicted octanol–water partition coefficient (Wildman–Crippen LogP) is 0.994. The molecule has 8 nitrogen and oxygen atoms in total. The van der Waals surface area contributed by atoms with Crippen molar-refractivity contribution in [3.63, 3.8) is 0 Å². The minimum atomic E-state index is -0.492. The molecule has 0 radical (unpaired) electrons. The zero-order chi connectivity index (χ0) is 19.6. The Morgan fingerprint density at radius 1 is 1.07 bits per heavy atom. The average molecular weight is 367 g/mol. The lowest BCUT2D eigenvalue weighted by molar-refractivity contribution is 0.102. The van der Waals surface area contributed by atoms with Gasteiger partial charge in [-0.1, -0.05) is 25.1 Å². The van der Waals surface area contributed by atoms with Crippen molar-refractivity contribution in [2.45, 2.75) is 13.5 Å². The van der Waals surface area contributed by atoms with Gasteiger partial charge in [0, 0.05) is 26.3 Å². The molecule has 0 unspecified atom stereocenters. The first kappa shape index (κ1) is 18.5. The molecule has 1 amide bonds. The highest BCUT2D eigenvalue weighted by atomic mass is 16.2. The van der Waals surface area contributed by atoms with E-state index in [-0.39, 0.29) is 16.7 Å². The number of anilines is 1. The fourth-order valence-electron chi connectivity index (χ4n) is 2.82. The summed E-state index contributed by atoms with van der Waals surface area (Å²) in [6.45, 7) is 3.45. The fourth-order valence-corrected chi connectivity index (χ4v) is 2.82. The lowest BCUT2D eigenvalue weighted by atomic mass is 10.1. The van der Waals surface area contributed by atoms with E-state index in [1.54, 1.807) is 0 Å². The highest BCUT2D eigenvalue weighted by Crippen LogP contribution is 2.16. The number of fused-ring (bicyclic) bond motifs is 1. The first-order chi connectivity index (χ1) is 12.9. The average Bonchev–Trinajstić information content (AvgIpc) is 2.69. The number of amides is 1. The van der Waals surface area contributed by atoms with Gasteiger partial charge in [-0.05, 0) is 30.3 Å². The number of aromatic nitrogens is 3. The van der Waals surface area contributed by atoms with E-state index in [4.69, 9.17) is 0 Å². The van der Waals surface area contributed by atoms with Crippen LogP contribution in [0.25, 0.3) is 11.0 Å². The molecule has 2 N–H and O–H groups in total. The summed E-state index contributed by atoms with van der Waals surface area (Å²) >= 11 is 0. The number of carbonyl (C=O) groups is 1. The van der Waals surface area contributed by atoms with E-state index in [2.05, 4.69) is 15.6 Å². The van der Waals surface area contributed by atoms with Crippen molar-refractivity contribution < 1.29 is 4.79 Å². The van der Waals surface area contributed by atoms with E-state index in [1.165, 1.54) is 30.8 Å². The van der Waals surface area contributed by atoms with Crippen LogP contribution < -0.4 is 21.9 Å². The quantitative estimate of drug-likeness (QED) is 0.701. The van der Waals surface area contributed by atoms with Crippen LogP contribution in [0.3, 0.4) is 0 Å². The van der Waals surface area contributed by atoms with Crippen molar-refractivity contribution in [1.82, 2.24) is 19.4 Å². The number of para-hydroxylation sites is 1. The van der Waals surface area contributed by atoms with Gasteiger partial charge in [-0.3, -0.25) is 18.7 Å². The molecule has 0 saturated carbocycles. The minimum Gasteiger partial charge on any atom is -0.320 e. The summed E-state index contributed by atoms with van der Waals surface area (Å²) in [7, 11) is 2.93. The maximum absolute atomic E-state index is 12.7. The van der Waals surface area contributed by atoms with Crippen LogP contribution in [-0.2, 0) is 20.6 Å². The van der Waals surface area contributed by atoms with Crippen molar-refractivity contribution in [3.8, 4) is 0 Å². The molecule has 0 aliphatic carbocycles. The van der Waals surface area contributed by atoms with Crippen LogP contribution in [0.4, 0.5) is 5.69 Å². The predicted molar refractivity (Wildman–Crippen MR) is 104 cm³/mol. The summed E-state index contributed by atoms with van der Waals surface area (Å²) < 4.78 is 2.27. The zero-order valence-corrected chi connectivity index (χ0v) is 15.4. The second kappa shape index (κ2) is 7.55. The van der Waals surface area contributed by atoms with Crippen molar-refractivity contribution >= 4 is 22.6 Å². The third-order valence-electron chi connectivity index (χ3n) is 4.37. The molecule has 0 fully saturated rings. The number of hydrogen-bond donors (Lipinski definition) is 2. The van der Waals surface area contributed by atoms with Gasteiger partial charge in [-0.2, -0.15) is 0 Å². The number of pyridine rings is 1. The van der Waals surface area contributed by atoms with E-state index in [9.17, 15) is 14.4 Å². The number of hydrogen-bond acceptors (Lipinski definition) is 5. The molecule has 0 aliphatic heterocycles. The van der Waals surface area contributed by atoms with E-state index in [1.807, 2.05) is 31.2 Å². The third-order valence-corrected chi connectivity index (χ3v) is 4.37. The zero-order valence-electron chi connectivity index (χ0n) is 15.4. The summed E-state index contributed by atoms with van der Waals surface area (Å²) in [5.74, 6) is -0.408. The fraction of sp³-hybridized carbons (Fsp3) is 0.263. The van der Waals surface area contributed by atoms with Crippen molar-refractivity contribution in [3.05, 3.63) is 68.5 Å². The first-order valence-electron chi connectivity index (χ1n) is 8.60. The van der Waals surface area contributed by atoms with Gasteiger partial charge in [0.05, 0.1) is 5.39 Å². The Bertz CT molecular complexity index is 1130. The third kappa shape index (κ3) is 3.52. The van der Waals surface area contributed by atoms with Crippen LogP contribution in [0.5, 0.6) is 0 Å². The van der Waals surface area contributed by atoms with Gasteiger partial charge in [0.1, 0.15) is 11.3 Å². The molecule has 0 aliphatic rings. The molecule has 0 saturated heterocycles. The van der Waals surface area contributed by atoms with E-state index in [0.717, 1.165) is 16.7 Å². The minimum absolute atomic E-state index is 0.129. The number of benzene rings is 1. The summed E-state index contributed by atoms with van der Waals surface area (Å²) in [6.07, 6.45) is 0. The summed E-state index contributed by atoms with van der Waals surface area (Å²) in [4.78, 5) is 41.2. The van der Waals surface area contributed by atoms with Gasteiger partial charge >= 0.3 is 5.69 Å². The molecule has 2 aromatic heterocycles. The van der Waals surface area contributed by atoms with Gasteiger partial charge in [0.2, 0.25) is 0 Å². The van der Waals surface area contributed by atoms with Crippen molar-refractivity contribution in [2.24, 2.45) is 14.1 Å². The highest BCUT2D eigenvalue weighted by molar-refractivity contribution is 6.04. The molecule has 0 spiro atoms. The molecule has 0 atom stereocenters. The topological polar surface area (TPSA) is 98.0 Å². The van der Waals surface area contributed by atoms with E-state index in [0.29, 0.717) is 12.2 Å². The Balaban J connectivity index is 1.98. The standard InChI is InChI=1S/C19H21N5O3/c1-4-20-11-12-7-5-6-8-14(12)22-17(25)15-10-9-13-16(21-15)23(2)19(27)24(3)18(13)26/h5-10,20H,4,11H2,1-3H3,(H,22,25). The van der Waals surface area contributed by atoms with E-state index < -0.39 is 17.2 Å². The first-order valence-corrected chi connectivity index (χ1v) is 8.60. The number of nitrogens with one attached hydrogen (secondary N) is 2. The summed E-state index contributed by atoms with van der Waals surface area (Å²) in [6, 6.07) is 10.5. The van der Waals surface area contributed by atoms with Crippen molar-refractivity contribution in [2.75, 3.05) is 11.9 Å². The Labute approximate surface area is 155 Å². The van der Waals surface area contributed by atoms with Crippen LogP contribution in [0.15, 0.2) is 46.0 Å². The molecule has 140 valence electrons. The highest BCUT2D eigenvalue weighted by Gasteiger charge is 2.15. The van der Waals surface area contributed by atoms with Crippen LogP contribution in [0.1, 0.15) is 23.0 Å². The smallest absolute Gasteiger partial charge is 0.320 e. The van der Waals surface area contributed by atoms with Crippen LogP contribution in [0.2, 0.25) is 0 Å². The number of rotatable bonds is 5. The van der Waals surface area contributed by atoms with Crippen LogP contribution >= 0.6 is 0 Å². The molecule has 1 aromatic carbocycles. The number of nitrogens with zero attached hydrogens (tertiary/aromatic N) is 3. The Hall–Kier alpha value is -3.26. The van der Waals surface area contributed by atoms with Crippen molar-refractivity contribution in [1.29, 1.82) is 0 Å². The maximum atomic E-state index is 12.7. The number of aryl methyl sites for hydroxylation is 1. The Morgan fingerprint density at radius 2 is 1.81 bits per heavy atom. The SMILES string of the molecule is CCNCc1ccccc1NC(=O)c1ccc2c(=O)n(C)c(=O)n(C)c2n1. The summed E-state index contributed by atoms with van der Waals surface area (Å²) in [5, 5.41) is 6.35. The Kier molecular flexibility index (Phi) is 5.18. The maximum Gasteiger partial charge on any atom is 0.332 e. The van der Waals surface area contributed by atoms with Gasteiger partial charge in [0.15, 0.2) is 0 Å². The molecule has 3 rings (SSSR count). The van der Waals surface area contributed by atoms with Gasteiger partial charge < -0.3 is 10.6 Å². The largest absolute Gasteiger partial charge is 0.332 e. The molecule has 8 heteroatoms. The molecule has 0 bridgehead atoms. The molecule has 3 aromatic rings. The lowest BCUT2D eigenvalue weighted by Crippen LogP contribution is -2.37. The van der Waals surface area contributed by atoms with Gasteiger partial charge in [-0.15, -0.1) is 0 Å². The molecular weight excluding hydrogens is 346 g/mol. The molecular formula is C19H21N5O3. The van der Waals surface area contributed by atoms with Crippen LogP contribution in [-0.4, -0.2) is 26.6 Å². The van der Waals surface area contributed by atoms with Gasteiger partial charge in [0.25, 0.3) is 11.5 Å². The molecule has 2 heterocycles. The monoisotopic (exact) mass is 367 g/mol. The van der Waals surface area contributed by atoms with Gasteiger partial charge in [-0.25, -0.2) is 9.78 Å². The number of carbonyl (C=O) groups excluding carboxylic acids is 1.